The highest BCUT2D eigenvalue weighted by atomic mass is 14.3. The van der Waals surface area contributed by atoms with Crippen LogP contribution in [0.1, 0.15) is 492 Å². The van der Waals surface area contributed by atoms with Crippen LogP contribution in [0.2, 0.25) is 0 Å². The fourth-order valence-electron chi connectivity index (χ4n) is 8.55. The van der Waals surface area contributed by atoms with Gasteiger partial charge >= 0.3 is 0 Å². The summed E-state index contributed by atoms with van der Waals surface area (Å²) in [7, 11) is 0. The van der Waals surface area contributed by atoms with E-state index in [4.69, 9.17) is 0 Å². The normalized spacial score (nSPS) is 10.7. The van der Waals surface area contributed by atoms with Crippen LogP contribution in [0.5, 0.6) is 0 Å². The first kappa shape index (κ1) is 109. The zero-order valence-electron chi connectivity index (χ0n) is 64.8. The van der Waals surface area contributed by atoms with Gasteiger partial charge in [-0.1, -0.05) is 486 Å². The van der Waals surface area contributed by atoms with Gasteiger partial charge < -0.3 is 0 Å². The third-order valence-corrected chi connectivity index (χ3v) is 18.8. The monoisotopic (exact) mass is 1160 g/mol. The second kappa shape index (κ2) is 99.0. The quantitative estimate of drug-likeness (QED) is 0.0544. The number of rotatable bonds is 37. The van der Waals surface area contributed by atoms with Gasteiger partial charge in [-0.15, -0.1) is 0 Å². The lowest BCUT2D eigenvalue weighted by atomic mass is 9.76. The highest BCUT2D eigenvalue weighted by Crippen LogP contribution is 2.36. The summed E-state index contributed by atoms with van der Waals surface area (Å²) in [6.07, 6.45) is 56.5. The second-order valence-electron chi connectivity index (χ2n) is 25.4. The predicted octanol–water partition coefficient (Wildman–Crippen LogP) is 33.5. The molecule has 0 radical (unpaired) electrons. The summed E-state index contributed by atoms with van der Waals surface area (Å²) in [5, 5.41) is 0. The second-order valence-corrected chi connectivity index (χ2v) is 25.4. The summed E-state index contributed by atoms with van der Waals surface area (Å²) in [5.74, 6) is 3.59. The Labute approximate surface area is 529 Å². The third kappa shape index (κ3) is 105. The fourth-order valence-corrected chi connectivity index (χ4v) is 8.55. The Morgan fingerprint density at radius 3 is 0.494 bits per heavy atom. The van der Waals surface area contributed by atoms with E-state index in [2.05, 4.69) is 222 Å². The highest BCUT2D eigenvalue weighted by molar-refractivity contribution is 4.75. The SMILES string of the molecule is C.CC(C)C(C)C.CCC(C)CC.CCC(CC)(CC)CC.CCC(CC)(CC)CC.CCCC.CCCC(C)CC.CCCCCC.CCCCCC.CCCCCC(CC)(CC)CC.CCCCCCC.CCCCCCCC. The van der Waals surface area contributed by atoms with Crippen LogP contribution in [0.25, 0.3) is 0 Å². The molecule has 0 fully saturated rings. The van der Waals surface area contributed by atoms with Crippen LogP contribution in [0.3, 0.4) is 0 Å². The molecule has 0 aromatic carbocycles. The maximum absolute atomic E-state index is 2.35. The van der Waals surface area contributed by atoms with Gasteiger partial charge in [0.1, 0.15) is 0 Å². The van der Waals surface area contributed by atoms with Gasteiger partial charge in [-0.3, -0.25) is 0 Å². The molecule has 0 aliphatic heterocycles. The maximum Gasteiger partial charge on any atom is -0.0305 e. The first-order valence-electron chi connectivity index (χ1n) is 38.1. The summed E-state index contributed by atoms with van der Waals surface area (Å²) in [6, 6.07) is 0. The molecule has 1 atom stereocenters. The highest BCUT2D eigenvalue weighted by Gasteiger charge is 2.23. The largest absolute Gasteiger partial charge is 0.0776 e. The van der Waals surface area contributed by atoms with E-state index in [1.165, 1.54) is 263 Å². The van der Waals surface area contributed by atoms with Gasteiger partial charge in [0.05, 0.1) is 0 Å². The number of unbranched alkanes of at least 4 members (excludes halogenated alkanes) is 18. The molecule has 0 N–H and O–H groups in total. The van der Waals surface area contributed by atoms with E-state index in [9.17, 15) is 0 Å². The van der Waals surface area contributed by atoms with Crippen LogP contribution in [-0.2, 0) is 0 Å². The van der Waals surface area contributed by atoms with Crippen LogP contribution in [0.4, 0.5) is 0 Å². The Morgan fingerprint density at radius 1 is 0.198 bits per heavy atom. The summed E-state index contributed by atoms with van der Waals surface area (Å²) < 4.78 is 0. The van der Waals surface area contributed by atoms with Crippen LogP contribution < -0.4 is 0 Å². The topological polar surface area (TPSA) is 0 Å². The molecule has 0 amide bonds. The minimum atomic E-state index is 0. The Balaban J connectivity index is -0.0000000652. The minimum absolute atomic E-state index is 0. The lowest BCUT2D eigenvalue weighted by Gasteiger charge is -2.30. The van der Waals surface area contributed by atoms with E-state index >= 15 is 0 Å². The number of hydrogen-bond acceptors (Lipinski definition) is 0. The molecule has 0 saturated heterocycles. The molecule has 1 unspecified atom stereocenters. The average molecular weight is 1160 g/mol. The van der Waals surface area contributed by atoms with Crippen molar-refractivity contribution in [3.63, 3.8) is 0 Å². The minimum Gasteiger partial charge on any atom is -0.0776 e. The molecule has 0 saturated carbocycles. The van der Waals surface area contributed by atoms with Crippen molar-refractivity contribution < 1.29 is 0 Å². The average Bonchev–Trinajstić information content (AvgIpc) is 3.49. The van der Waals surface area contributed by atoms with E-state index in [0.717, 1.165) is 23.7 Å². The van der Waals surface area contributed by atoms with Crippen molar-refractivity contribution in [2.75, 3.05) is 0 Å². The molecular weight excluding hydrogens is 973 g/mol. The van der Waals surface area contributed by atoms with Crippen molar-refractivity contribution in [3.8, 4) is 0 Å². The van der Waals surface area contributed by atoms with Gasteiger partial charge in [0, 0.05) is 0 Å². The van der Waals surface area contributed by atoms with Crippen molar-refractivity contribution >= 4 is 0 Å². The molecule has 0 heterocycles. The fraction of sp³-hybridized carbons (Fsp3) is 1.00. The van der Waals surface area contributed by atoms with E-state index in [-0.39, 0.29) is 7.43 Å². The molecular formula is C81H186. The summed E-state index contributed by atoms with van der Waals surface area (Å²) in [6.45, 7) is 72.5. The van der Waals surface area contributed by atoms with Crippen molar-refractivity contribution in [1.29, 1.82) is 0 Å². The first-order chi connectivity index (χ1) is 38.1. The van der Waals surface area contributed by atoms with E-state index in [0.29, 0.717) is 16.2 Å². The van der Waals surface area contributed by atoms with Gasteiger partial charge in [0.25, 0.3) is 0 Å². The molecule has 0 aliphatic carbocycles. The van der Waals surface area contributed by atoms with Crippen LogP contribution in [-0.4, -0.2) is 0 Å². The summed E-state index contributed by atoms with van der Waals surface area (Å²) >= 11 is 0. The molecule has 0 nitrogen and oxygen atoms in total. The van der Waals surface area contributed by atoms with Crippen molar-refractivity contribution in [1.82, 2.24) is 0 Å². The van der Waals surface area contributed by atoms with Crippen molar-refractivity contribution in [3.05, 3.63) is 0 Å². The smallest absolute Gasteiger partial charge is 0.0305 e. The van der Waals surface area contributed by atoms with Gasteiger partial charge in [-0.05, 0) is 46.3 Å². The van der Waals surface area contributed by atoms with Crippen LogP contribution in [0, 0.1) is 39.9 Å². The Morgan fingerprint density at radius 2 is 0.383 bits per heavy atom. The summed E-state index contributed by atoms with van der Waals surface area (Å²) in [4.78, 5) is 0. The standard InChI is InChI=1S/C12H26.2C9H20.C8H18.2C7H16.4C6H14.C4H10.CH4/c1-5-9-10-11-12(6-2,7-3)8-4;2*1-5-9(6-2,7-3)8-4;1-3-5-7-8-6-4-2;1-4-6-7(3)5-2;1-3-5-7-6-4-2;1-5(2)6(3)4;1-4-6(3)5-2;2*1-3-5-6-4-2;1-3-4-2;/h5-11H2,1-4H3;2*5-8H2,1-4H3;3-8H2,1-2H3;7H,4-6H2,1-3H3;3-7H2,1-2H3;5-6H,1-4H3;6H,4-5H2,1-3H3;2*3-6H2,1-2H3;3-4H2,1-2H3;1H4. The first-order valence-corrected chi connectivity index (χ1v) is 38.1. The van der Waals surface area contributed by atoms with Gasteiger partial charge in [0.15, 0.2) is 0 Å². The molecule has 0 rings (SSSR count). The van der Waals surface area contributed by atoms with Crippen LogP contribution >= 0.6 is 0 Å². The molecule has 0 aromatic rings. The molecule has 0 aliphatic rings. The maximum atomic E-state index is 2.35. The molecule has 0 bridgehead atoms. The summed E-state index contributed by atoms with van der Waals surface area (Å²) in [5.41, 5.74) is 2.01. The third-order valence-electron chi connectivity index (χ3n) is 18.8. The van der Waals surface area contributed by atoms with E-state index in [1.807, 2.05) is 0 Å². The Kier molecular flexibility index (Phi) is 133. The zero-order chi connectivity index (χ0) is 64.8. The van der Waals surface area contributed by atoms with Gasteiger partial charge in [-0.2, -0.15) is 0 Å². The van der Waals surface area contributed by atoms with Gasteiger partial charge in [-0.25, -0.2) is 0 Å². The zero-order valence-corrected chi connectivity index (χ0v) is 64.8. The Bertz CT molecular complexity index is 750. The Hall–Kier alpha value is 0. The van der Waals surface area contributed by atoms with Crippen LogP contribution in [0.15, 0.2) is 0 Å². The lowest BCUT2D eigenvalue weighted by molar-refractivity contribution is 0.220. The van der Waals surface area contributed by atoms with E-state index in [1.54, 1.807) is 0 Å². The predicted molar refractivity (Wildman–Crippen MR) is 399 cm³/mol. The molecule has 510 valence electrons. The van der Waals surface area contributed by atoms with E-state index < -0.39 is 0 Å². The molecule has 0 spiro atoms. The molecule has 81 heavy (non-hydrogen) atoms. The van der Waals surface area contributed by atoms with Crippen molar-refractivity contribution in [2.24, 2.45) is 39.9 Å². The lowest BCUT2D eigenvalue weighted by Crippen LogP contribution is -2.17. The number of hydrogen-bond donors (Lipinski definition) is 0. The van der Waals surface area contributed by atoms with Crippen molar-refractivity contribution in [2.45, 2.75) is 492 Å². The van der Waals surface area contributed by atoms with Gasteiger partial charge in [0.2, 0.25) is 0 Å². The molecule has 0 aromatic heterocycles. The molecule has 0 heteroatoms.